The molecule has 1 aromatic heterocycles. The van der Waals surface area contributed by atoms with Gasteiger partial charge in [0.15, 0.2) is 0 Å². The number of fused-ring (bicyclic) bond motifs is 1. The zero-order valence-corrected chi connectivity index (χ0v) is 23.4. The molecule has 226 valence electrons. The molecule has 0 saturated heterocycles. The van der Waals surface area contributed by atoms with Gasteiger partial charge < -0.3 is 20.1 Å². The van der Waals surface area contributed by atoms with Crippen LogP contribution in [-0.2, 0) is 22.7 Å². The Bertz CT molecular complexity index is 1500. The summed E-state index contributed by atoms with van der Waals surface area (Å²) in [6, 6.07) is 12.3. The van der Waals surface area contributed by atoms with Crippen molar-refractivity contribution in [3.8, 4) is 16.9 Å². The maximum Gasteiger partial charge on any atom is 0.416 e. The molecule has 42 heavy (non-hydrogen) atoms. The van der Waals surface area contributed by atoms with Gasteiger partial charge in [-0.05, 0) is 59.9 Å². The summed E-state index contributed by atoms with van der Waals surface area (Å²) in [5.41, 5.74) is -0.309. The molecule has 1 unspecified atom stereocenters. The van der Waals surface area contributed by atoms with Gasteiger partial charge >= 0.3 is 6.18 Å². The van der Waals surface area contributed by atoms with E-state index in [1.54, 1.807) is 18.5 Å². The van der Waals surface area contributed by atoms with Crippen LogP contribution in [0.4, 0.5) is 13.2 Å². The van der Waals surface area contributed by atoms with E-state index < -0.39 is 45.5 Å². The van der Waals surface area contributed by atoms with Crippen LogP contribution in [0.1, 0.15) is 24.0 Å². The first-order valence-corrected chi connectivity index (χ1v) is 14.9. The number of aromatic nitrogens is 1. The fourth-order valence-electron chi connectivity index (χ4n) is 5.72. The molecule has 1 saturated carbocycles. The average molecular weight is 608 g/mol. The Labute approximate surface area is 241 Å². The number of alkyl halides is 3. The van der Waals surface area contributed by atoms with E-state index in [1.807, 2.05) is 11.0 Å². The number of halogens is 3. The second-order valence-corrected chi connectivity index (χ2v) is 12.8. The Morgan fingerprint density at radius 2 is 1.76 bits per heavy atom. The normalized spacial score (nSPS) is 27.0. The zero-order valence-electron chi connectivity index (χ0n) is 22.5. The van der Waals surface area contributed by atoms with Crippen LogP contribution in [0, 0.1) is 5.41 Å². The summed E-state index contributed by atoms with van der Waals surface area (Å²) in [4.78, 5) is 5.80. The number of rotatable bonds is 3. The quantitative estimate of drug-likeness (QED) is 0.358. The van der Waals surface area contributed by atoms with E-state index in [0.29, 0.717) is 18.7 Å². The molecule has 9 nitrogen and oxygen atoms in total. The SMILES string of the molecule is O=S1(=O)NC[C@H](O)CN(Cc2cccnc2)CC2(COc3cc(-c4cccc(C(F)(F)F)c4)ccc31)C[C@@H](O)[C@@H](O)C2. The number of ether oxygens (including phenoxy) is 1. The van der Waals surface area contributed by atoms with Gasteiger partial charge in [0.25, 0.3) is 0 Å². The predicted molar refractivity (Wildman–Crippen MR) is 147 cm³/mol. The number of hydrogen-bond donors (Lipinski definition) is 4. The number of nitrogens with zero attached hydrogens (tertiary/aromatic N) is 2. The van der Waals surface area contributed by atoms with E-state index in [0.717, 1.165) is 17.7 Å². The molecule has 13 heteroatoms. The minimum absolute atomic E-state index is 0.0900. The summed E-state index contributed by atoms with van der Waals surface area (Å²) >= 11 is 0. The first-order valence-electron chi connectivity index (χ1n) is 13.4. The maximum atomic E-state index is 13.4. The minimum atomic E-state index is -4.56. The van der Waals surface area contributed by atoms with Crippen LogP contribution in [-0.4, -0.2) is 78.2 Å². The fourth-order valence-corrected chi connectivity index (χ4v) is 6.92. The van der Waals surface area contributed by atoms with Gasteiger partial charge in [0.05, 0.1) is 30.5 Å². The topological polar surface area (TPSA) is 132 Å². The molecule has 5 rings (SSSR count). The van der Waals surface area contributed by atoms with E-state index in [9.17, 15) is 36.9 Å². The number of sulfonamides is 1. The van der Waals surface area contributed by atoms with Crippen molar-refractivity contribution in [2.75, 3.05) is 26.2 Å². The summed E-state index contributed by atoms with van der Waals surface area (Å²) < 4.78 is 75.3. The van der Waals surface area contributed by atoms with Gasteiger partial charge in [-0.25, -0.2) is 13.1 Å². The minimum Gasteiger partial charge on any atom is -0.492 e. The molecule has 2 heterocycles. The van der Waals surface area contributed by atoms with Crippen molar-refractivity contribution in [3.05, 3.63) is 78.1 Å². The van der Waals surface area contributed by atoms with Crippen LogP contribution in [0.3, 0.4) is 0 Å². The van der Waals surface area contributed by atoms with Gasteiger partial charge in [-0.1, -0.05) is 24.3 Å². The third kappa shape index (κ3) is 6.93. The van der Waals surface area contributed by atoms with E-state index >= 15 is 0 Å². The third-order valence-corrected chi connectivity index (χ3v) is 9.15. The molecular formula is C29H32F3N3O6S. The Balaban J connectivity index is 1.54. The molecule has 2 aromatic carbocycles. The highest BCUT2D eigenvalue weighted by Gasteiger charge is 2.46. The molecule has 1 spiro atoms. The van der Waals surface area contributed by atoms with Crippen LogP contribution in [0.5, 0.6) is 5.75 Å². The monoisotopic (exact) mass is 607 g/mol. The van der Waals surface area contributed by atoms with E-state index in [4.69, 9.17) is 4.74 Å². The van der Waals surface area contributed by atoms with Gasteiger partial charge in [0, 0.05) is 44.0 Å². The molecule has 0 bridgehead atoms. The molecule has 0 amide bonds. The molecule has 1 aliphatic carbocycles. The molecule has 3 aromatic rings. The molecule has 4 atom stereocenters. The van der Waals surface area contributed by atoms with E-state index in [-0.39, 0.29) is 48.7 Å². The van der Waals surface area contributed by atoms with Crippen LogP contribution >= 0.6 is 0 Å². The highest BCUT2D eigenvalue weighted by atomic mass is 32.2. The van der Waals surface area contributed by atoms with Crippen molar-refractivity contribution in [1.82, 2.24) is 14.6 Å². The zero-order chi connectivity index (χ0) is 30.1. The number of pyridine rings is 1. The Morgan fingerprint density at radius 1 is 1.02 bits per heavy atom. The average Bonchev–Trinajstić information content (AvgIpc) is 3.22. The Hall–Kier alpha value is -3.07. The lowest BCUT2D eigenvalue weighted by molar-refractivity contribution is -0.137. The number of nitrogens with one attached hydrogen (secondary N) is 1. The summed E-state index contributed by atoms with van der Waals surface area (Å²) in [5.74, 6) is -0.0958. The number of aliphatic hydroxyl groups is 3. The lowest BCUT2D eigenvalue weighted by atomic mass is 9.85. The number of hydrogen-bond acceptors (Lipinski definition) is 8. The second kappa shape index (κ2) is 11.9. The fraction of sp³-hybridized carbons (Fsp3) is 0.414. The first kappa shape index (κ1) is 30.4. The van der Waals surface area contributed by atoms with Gasteiger partial charge in [-0.2, -0.15) is 13.2 Å². The van der Waals surface area contributed by atoms with Crippen LogP contribution in [0.2, 0.25) is 0 Å². The summed E-state index contributed by atoms with van der Waals surface area (Å²) in [6.07, 6.45) is -4.11. The van der Waals surface area contributed by atoms with Gasteiger partial charge in [-0.15, -0.1) is 0 Å². The lowest BCUT2D eigenvalue weighted by Gasteiger charge is -2.37. The van der Waals surface area contributed by atoms with Crippen molar-refractivity contribution in [1.29, 1.82) is 0 Å². The molecule has 0 radical (unpaired) electrons. The van der Waals surface area contributed by atoms with Crippen molar-refractivity contribution < 1.29 is 41.6 Å². The summed E-state index contributed by atoms with van der Waals surface area (Å²) in [7, 11) is -4.21. The van der Waals surface area contributed by atoms with Gasteiger partial charge in [-0.3, -0.25) is 9.88 Å². The molecular weight excluding hydrogens is 575 g/mol. The number of aliphatic hydroxyl groups excluding tert-OH is 3. The van der Waals surface area contributed by atoms with E-state index in [2.05, 4.69) is 9.71 Å². The summed E-state index contributed by atoms with van der Waals surface area (Å²) in [6.45, 7) is 0.339. The standard InChI is InChI=1S/C29H32F3N3O6S/c30-29(31,32)22-5-1-4-20(9-22)21-6-7-27-26(10-21)41-18-28(11-24(37)25(38)12-28)17-35(15-19-3-2-8-33-13-19)16-23(36)14-34-42(27,39)40/h1-10,13,23-25,34,36-38H,11-12,14-18H2/t23-,24-,25+,28?/m0/s1. The summed E-state index contributed by atoms with van der Waals surface area (Å²) in [5, 5.41) is 31.9. The number of benzene rings is 2. The van der Waals surface area contributed by atoms with Gasteiger partial charge in [0.1, 0.15) is 10.6 Å². The molecule has 4 N–H and O–H groups in total. The van der Waals surface area contributed by atoms with Crippen molar-refractivity contribution in [3.63, 3.8) is 0 Å². The van der Waals surface area contributed by atoms with E-state index in [1.165, 1.54) is 30.3 Å². The molecule has 1 aliphatic heterocycles. The predicted octanol–water partition coefficient (Wildman–Crippen LogP) is 2.80. The highest BCUT2D eigenvalue weighted by molar-refractivity contribution is 7.89. The van der Waals surface area contributed by atoms with Crippen LogP contribution < -0.4 is 9.46 Å². The Morgan fingerprint density at radius 3 is 2.45 bits per heavy atom. The lowest BCUT2D eigenvalue weighted by Crippen LogP contribution is -2.46. The second-order valence-electron chi connectivity index (χ2n) is 11.1. The highest BCUT2D eigenvalue weighted by Crippen LogP contribution is 2.42. The number of β-amino-alcohol motifs (C(OH)–C–C–N with tert-alkyl or cyclic N) is 1. The largest absolute Gasteiger partial charge is 0.492 e. The third-order valence-electron chi connectivity index (χ3n) is 7.68. The van der Waals surface area contributed by atoms with Gasteiger partial charge in [0.2, 0.25) is 10.0 Å². The molecule has 1 fully saturated rings. The Kier molecular flexibility index (Phi) is 8.61. The smallest absolute Gasteiger partial charge is 0.416 e. The maximum absolute atomic E-state index is 13.4. The first-order chi connectivity index (χ1) is 19.8. The van der Waals surface area contributed by atoms with Crippen molar-refractivity contribution in [2.45, 2.75) is 48.8 Å². The van der Waals surface area contributed by atoms with Crippen molar-refractivity contribution >= 4 is 10.0 Å². The van der Waals surface area contributed by atoms with Crippen LogP contribution in [0.25, 0.3) is 11.1 Å². The molecule has 2 aliphatic rings. The van der Waals surface area contributed by atoms with Crippen molar-refractivity contribution in [2.24, 2.45) is 5.41 Å². The van der Waals surface area contributed by atoms with Crippen LogP contribution in [0.15, 0.2) is 71.9 Å².